The summed E-state index contributed by atoms with van der Waals surface area (Å²) in [5.41, 5.74) is 3.08. The highest BCUT2D eigenvalue weighted by Crippen LogP contribution is 2.42. The Morgan fingerprint density at radius 1 is 0.387 bits per heavy atom. The Kier molecular flexibility index (Phi) is 7.13. The molecule has 31 heavy (non-hydrogen) atoms. The highest BCUT2D eigenvalue weighted by Gasteiger charge is 2.22. The van der Waals surface area contributed by atoms with Gasteiger partial charge >= 0.3 is 0 Å². The molecule has 0 amide bonds. The molecule has 3 rings (SSSR count). The van der Waals surface area contributed by atoms with Crippen molar-refractivity contribution in [1.82, 2.24) is 0 Å². The average molecular weight is 424 g/mol. The van der Waals surface area contributed by atoms with Crippen LogP contribution in [0.15, 0.2) is 54.6 Å². The Morgan fingerprint density at radius 3 is 0.871 bits per heavy atom. The van der Waals surface area contributed by atoms with Gasteiger partial charge in [-0.15, -0.1) is 0 Å². The van der Waals surface area contributed by atoms with E-state index in [4.69, 9.17) is 28.4 Å². The zero-order chi connectivity index (χ0) is 22.4. The molecule has 3 aromatic carbocycles. The van der Waals surface area contributed by atoms with Crippen molar-refractivity contribution in [2.45, 2.75) is 5.92 Å². The lowest BCUT2D eigenvalue weighted by atomic mass is 9.84. The van der Waals surface area contributed by atoms with Crippen LogP contribution in [0.4, 0.5) is 0 Å². The van der Waals surface area contributed by atoms with E-state index >= 15 is 0 Å². The average Bonchev–Trinajstić information content (AvgIpc) is 2.83. The topological polar surface area (TPSA) is 55.4 Å². The molecule has 0 atom stereocenters. The van der Waals surface area contributed by atoms with E-state index in [1.165, 1.54) is 0 Å². The van der Waals surface area contributed by atoms with Crippen molar-refractivity contribution in [3.05, 3.63) is 71.3 Å². The van der Waals surface area contributed by atoms with Gasteiger partial charge in [-0.1, -0.05) is 18.2 Å². The minimum absolute atomic E-state index is 0.126. The second-order valence-electron chi connectivity index (χ2n) is 6.78. The second-order valence-corrected chi connectivity index (χ2v) is 6.78. The minimum atomic E-state index is -0.126. The number of hydrogen-bond donors (Lipinski definition) is 0. The van der Waals surface area contributed by atoms with Crippen LogP contribution in [0.1, 0.15) is 22.6 Å². The van der Waals surface area contributed by atoms with Gasteiger partial charge in [0.25, 0.3) is 0 Å². The molecule has 3 aromatic rings. The molecular formula is C25H28O6. The summed E-state index contributed by atoms with van der Waals surface area (Å²) in [4.78, 5) is 0. The van der Waals surface area contributed by atoms with E-state index < -0.39 is 0 Å². The zero-order valence-corrected chi connectivity index (χ0v) is 18.7. The smallest absolute Gasteiger partial charge is 0.161 e. The first-order chi connectivity index (χ1) is 15.1. The molecular weight excluding hydrogens is 396 g/mol. The monoisotopic (exact) mass is 424 g/mol. The van der Waals surface area contributed by atoms with Gasteiger partial charge in [0.05, 0.1) is 42.7 Å². The Bertz CT molecular complexity index is 899. The van der Waals surface area contributed by atoms with Gasteiger partial charge in [0.1, 0.15) is 0 Å². The SMILES string of the molecule is COc1ccc(C(c2ccc(OC)c(OC)c2)c2ccc(OC)c(OC)c2)cc1OC. The third-order valence-electron chi connectivity index (χ3n) is 5.22. The predicted octanol–water partition coefficient (Wildman–Crippen LogP) is 4.92. The standard InChI is InChI=1S/C25H28O6/c1-26-19-10-7-16(13-22(19)29-4)25(17-8-11-20(27-2)23(14-17)30-5)18-9-12-21(28-3)24(15-18)31-6/h7-15,25H,1-6H3. The molecule has 0 aliphatic carbocycles. The van der Waals surface area contributed by atoms with Gasteiger partial charge in [-0.25, -0.2) is 0 Å². The highest BCUT2D eigenvalue weighted by atomic mass is 16.5. The summed E-state index contributed by atoms with van der Waals surface area (Å²) in [6.07, 6.45) is 0. The summed E-state index contributed by atoms with van der Waals surface area (Å²) in [6.45, 7) is 0. The first kappa shape index (κ1) is 22.2. The molecule has 0 saturated heterocycles. The van der Waals surface area contributed by atoms with Crippen molar-refractivity contribution < 1.29 is 28.4 Å². The zero-order valence-electron chi connectivity index (χ0n) is 18.7. The number of hydrogen-bond acceptors (Lipinski definition) is 6. The van der Waals surface area contributed by atoms with Crippen LogP contribution in [0.3, 0.4) is 0 Å². The molecule has 0 N–H and O–H groups in total. The van der Waals surface area contributed by atoms with E-state index in [0.29, 0.717) is 34.5 Å². The van der Waals surface area contributed by atoms with Crippen LogP contribution in [-0.4, -0.2) is 42.7 Å². The summed E-state index contributed by atoms with van der Waals surface area (Å²) in [5, 5.41) is 0. The molecule has 0 unspecified atom stereocenters. The highest BCUT2D eigenvalue weighted by molar-refractivity contribution is 5.55. The number of benzene rings is 3. The fraction of sp³-hybridized carbons (Fsp3) is 0.280. The minimum Gasteiger partial charge on any atom is -0.493 e. The van der Waals surface area contributed by atoms with E-state index in [1.807, 2.05) is 54.6 Å². The lowest BCUT2D eigenvalue weighted by Crippen LogP contribution is -2.06. The molecule has 0 spiro atoms. The molecule has 0 aromatic heterocycles. The Balaban J connectivity index is 2.22. The van der Waals surface area contributed by atoms with Crippen LogP contribution in [0.5, 0.6) is 34.5 Å². The predicted molar refractivity (Wildman–Crippen MR) is 120 cm³/mol. The summed E-state index contributed by atoms with van der Waals surface area (Å²) >= 11 is 0. The third kappa shape index (κ3) is 4.48. The van der Waals surface area contributed by atoms with Gasteiger partial charge in [0.2, 0.25) is 0 Å². The van der Waals surface area contributed by atoms with E-state index in [-0.39, 0.29) is 5.92 Å². The summed E-state index contributed by atoms with van der Waals surface area (Å²) in [5.74, 6) is 3.86. The molecule has 0 aliphatic rings. The Labute approximate surface area is 183 Å². The van der Waals surface area contributed by atoms with Gasteiger partial charge in [-0.05, 0) is 53.1 Å². The molecule has 6 nitrogen and oxygen atoms in total. The maximum absolute atomic E-state index is 5.55. The van der Waals surface area contributed by atoms with Crippen LogP contribution in [0, 0.1) is 0 Å². The summed E-state index contributed by atoms with van der Waals surface area (Å²) in [7, 11) is 9.75. The second kappa shape index (κ2) is 9.98. The van der Waals surface area contributed by atoms with Gasteiger partial charge < -0.3 is 28.4 Å². The van der Waals surface area contributed by atoms with Crippen LogP contribution < -0.4 is 28.4 Å². The molecule has 0 aliphatic heterocycles. The summed E-state index contributed by atoms with van der Waals surface area (Å²) in [6, 6.07) is 17.7. The van der Waals surface area contributed by atoms with E-state index in [2.05, 4.69) is 0 Å². The van der Waals surface area contributed by atoms with Gasteiger partial charge in [0.15, 0.2) is 34.5 Å². The maximum atomic E-state index is 5.55. The van der Waals surface area contributed by atoms with E-state index in [1.54, 1.807) is 42.7 Å². The van der Waals surface area contributed by atoms with Crippen LogP contribution in [-0.2, 0) is 0 Å². The molecule has 164 valence electrons. The quantitative estimate of drug-likeness (QED) is 0.455. The van der Waals surface area contributed by atoms with Crippen molar-refractivity contribution in [1.29, 1.82) is 0 Å². The molecule has 0 bridgehead atoms. The Morgan fingerprint density at radius 2 is 0.645 bits per heavy atom. The fourth-order valence-electron chi connectivity index (χ4n) is 3.67. The van der Waals surface area contributed by atoms with E-state index in [9.17, 15) is 0 Å². The normalized spacial score (nSPS) is 10.5. The largest absolute Gasteiger partial charge is 0.493 e. The number of methoxy groups -OCH3 is 6. The van der Waals surface area contributed by atoms with Crippen molar-refractivity contribution in [3.8, 4) is 34.5 Å². The lowest BCUT2D eigenvalue weighted by Gasteiger charge is -2.22. The number of rotatable bonds is 9. The fourth-order valence-corrected chi connectivity index (χ4v) is 3.67. The van der Waals surface area contributed by atoms with Crippen molar-refractivity contribution in [2.24, 2.45) is 0 Å². The maximum Gasteiger partial charge on any atom is 0.161 e. The van der Waals surface area contributed by atoms with Crippen molar-refractivity contribution >= 4 is 0 Å². The van der Waals surface area contributed by atoms with Crippen molar-refractivity contribution in [3.63, 3.8) is 0 Å². The van der Waals surface area contributed by atoms with Crippen LogP contribution in [0.2, 0.25) is 0 Å². The van der Waals surface area contributed by atoms with Crippen LogP contribution >= 0.6 is 0 Å². The molecule has 6 heteroatoms. The lowest BCUT2D eigenvalue weighted by molar-refractivity contribution is 0.353. The van der Waals surface area contributed by atoms with Gasteiger partial charge in [-0.2, -0.15) is 0 Å². The molecule has 0 radical (unpaired) electrons. The number of ether oxygens (including phenoxy) is 6. The molecule has 0 fully saturated rings. The van der Waals surface area contributed by atoms with Gasteiger partial charge in [-0.3, -0.25) is 0 Å². The van der Waals surface area contributed by atoms with E-state index in [0.717, 1.165) is 16.7 Å². The third-order valence-corrected chi connectivity index (χ3v) is 5.22. The van der Waals surface area contributed by atoms with Gasteiger partial charge in [0, 0.05) is 5.92 Å². The first-order valence-electron chi connectivity index (χ1n) is 9.75. The van der Waals surface area contributed by atoms with Crippen molar-refractivity contribution in [2.75, 3.05) is 42.7 Å². The summed E-state index contributed by atoms with van der Waals surface area (Å²) < 4.78 is 32.9. The Hall–Kier alpha value is -3.54. The molecule has 0 heterocycles. The molecule has 0 saturated carbocycles. The van der Waals surface area contributed by atoms with Crippen LogP contribution in [0.25, 0.3) is 0 Å². The first-order valence-corrected chi connectivity index (χ1v) is 9.75.